The Balaban J connectivity index is 1.79. The van der Waals surface area contributed by atoms with Crippen molar-refractivity contribution in [2.24, 2.45) is 5.73 Å². The zero-order valence-corrected chi connectivity index (χ0v) is 13.1. The van der Waals surface area contributed by atoms with Crippen LogP contribution in [0.3, 0.4) is 0 Å². The highest BCUT2D eigenvalue weighted by Gasteiger charge is 2.13. The zero-order valence-electron chi connectivity index (χ0n) is 13.1. The zero-order chi connectivity index (χ0) is 16.4. The summed E-state index contributed by atoms with van der Waals surface area (Å²) in [5.41, 5.74) is 7.41. The van der Waals surface area contributed by atoms with E-state index < -0.39 is 0 Å². The molecular formula is C16H19N5O2. The molecule has 1 amide bonds. The molecule has 0 spiro atoms. The van der Waals surface area contributed by atoms with Gasteiger partial charge in [-0.2, -0.15) is 5.10 Å². The average Bonchev–Trinajstić information content (AvgIpc) is 3.13. The summed E-state index contributed by atoms with van der Waals surface area (Å²) in [4.78, 5) is 12.2. The van der Waals surface area contributed by atoms with Gasteiger partial charge in [0.05, 0.1) is 11.7 Å². The van der Waals surface area contributed by atoms with E-state index in [0.717, 1.165) is 10.9 Å². The number of fused-ring (bicyclic) bond motifs is 1. The molecule has 120 valence electrons. The van der Waals surface area contributed by atoms with Gasteiger partial charge in [-0.1, -0.05) is 5.16 Å². The molecule has 7 heteroatoms. The van der Waals surface area contributed by atoms with Crippen LogP contribution in [0.15, 0.2) is 35.0 Å². The van der Waals surface area contributed by atoms with Crippen LogP contribution in [0.5, 0.6) is 0 Å². The fraction of sp³-hybridized carbons (Fsp3) is 0.312. The van der Waals surface area contributed by atoms with Crippen LogP contribution in [0.1, 0.15) is 36.1 Å². The monoisotopic (exact) mass is 313 g/mol. The lowest BCUT2D eigenvalue weighted by molar-refractivity contribution is 0.101. The molecule has 0 saturated heterocycles. The fourth-order valence-corrected chi connectivity index (χ4v) is 2.42. The SMILES string of the molecule is CC(C)n1ncc2cc(NC(=O)c3cc(CCN)on3)ccc21. The first-order chi connectivity index (χ1) is 11.1. The lowest BCUT2D eigenvalue weighted by atomic mass is 10.2. The number of nitrogens with two attached hydrogens (primary N) is 1. The van der Waals surface area contributed by atoms with Gasteiger partial charge in [0.2, 0.25) is 0 Å². The van der Waals surface area contributed by atoms with Gasteiger partial charge in [-0.3, -0.25) is 9.48 Å². The normalized spacial score (nSPS) is 11.3. The minimum Gasteiger partial charge on any atom is -0.361 e. The number of hydrogen-bond acceptors (Lipinski definition) is 5. The van der Waals surface area contributed by atoms with Crippen LogP contribution < -0.4 is 11.1 Å². The number of carbonyl (C=O) groups excluding carboxylic acids is 1. The molecule has 0 radical (unpaired) electrons. The maximum Gasteiger partial charge on any atom is 0.277 e. The molecule has 0 atom stereocenters. The van der Waals surface area contributed by atoms with E-state index in [-0.39, 0.29) is 17.6 Å². The Morgan fingerprint density at radius 3 is 2.96 bits per heavy atom. The molecule has 0 aliphatic carbocycles. The van der Waals surface area contributed by atoms with E-state index in [1.807, 2.05) is 22.9 Å². The van der Waals surface area contributed by atoms with Gasteiger partial charge < -0.3 is 15.6 Å². The summed E-state index contributed by atoms with van der Waals surface area (Å²) in [7, 11) is 0. The van der Waals surface area contributed by atoms with E-state index in [4.69, 9.17) is 10.3 Å². The minimum absolute atomic E-state index is 0.242. The highest BCUT2D eigenvalue weighted by molar-refractivity contribution is 6.03. The van der Waals surface area contributed by atoms with Crippen LogP contribution in [-0.2, 0) is 6.42 Å². The molecular weight excluding hydrogens is 294 g/mol. The smallest absolute Gasteiger partial charge is 0.277 e. The fourth-order valence-electron chi connectivity index (χ4n) is 2.42. The second-order valence-electron chi connectivity index (χ2n) is 5.63. The topological polar surface area (TPSA) is 99.0 Å². The van der Waals surface area contributed by atoms with Gasteiger partial charge in [0.25, 0.3) is 5.91 Å². The molecule has 0 aliphatic heterocycles. The largest absolute Gasteiger partial charge is 0.361 e. The molecule has 3 N–H and O–H groups in total. The van der Waals surface area contributed by atoms with Crippen LogP contribution in [0, 0.1) is 0 Å². The van der Waals surface area contributed by atoms with Gasteiger partial charge in [-0.05, 0) is 38.6 Å². The van der Waals surface area contributed by atoms with Crippen molar-refractivity contribution in [2.75, 3.05) is 11.9 Å². The molecule has 2 aromatic heterocycles. The summed E-state index contributed by atoms with van der Waals surface area (Å²) in [6.45, 7) is 4.60. The Morgan fingerprint density at radius 1 is 1.39 bits per heavy atom. The summed E-state index contributed by atoms with van der Waals surface area (Å²) in [6, 6.07) is 7.57. The predicted molar refractivity (Wildman–Crippen MR) is 87.3 cm³/mol. The van der Waals surface area contributed by atoms with E-state index in [0.29, 0.717) is 24.4 Å². The summed E-state index contributed by atoms with van der Waals surface area (Å²) < 4.78 is 7.00. The van der Waals surface area contributed by atoms with Crippen molar-refractivity contribution in [3.63, 3.8) is 0 Å². The third kappa shape index (κ3) is 3.09. The minimum atomic E-state index is -0.312. The lowest BCUT2D eigenvalue weighted by Gasteiger charge is -2.08. The number of nitrogens with one attached hydrogen (secondary N) is 1. The molecule has 0 aliphatic rings. The van der Waals surface area contributed by atoms with E-state index >= 15 is 0 Å². The van der Waals surface area contributed by atoms with E-state index in [1.54, 1.807) is 12.3 Å². The maximum atomic E-state index is 12.2. The Hall–Kier alpha value is -2.67. The van der Waals surface area contributed by atoms with Crippen LogP contribution in [-0.4, -0.2) is 27.4 Å². The Labute approximate surface area is 133 Å². The Bertz CT molecular complexity index is 834. The Kier molecular flexibility index (Phi) is 4.12. The molecule has 0 unspecified atom stereocenters. The first-order valence-electron chi connectivity index (χ1n) is 7.52. The number of nitrogens with zero attached hydrogens (tertiary/aromatic N) is 3. The number of carbonyl (C=O) groups is 1. The highest BCUT2D eigenvalue weighted by Crippen LogP contribution is 2.22. The number of anilines is 1. The van der Waals surface area contributed by atoms with Gasteiger partial charge >= 0.3 is 0 Å². The first kappa shape index (κ1) is 15.2. The van der Waals surface area contributed by atoms with Gasteiger partial charge in [-0.15, -0.1) is 0 Å². The van der Waals surface area contributed by atoms with Crippen molar-refractivity contribution in [1.29, 1.82) is 0 Å². The van der Waals surface area contributed by atoms with Gasteiger partial charge in [0.1, 0.15) is 5.76 Å². The average molecular weight is 313 g/mol. The molecule has 2 heterocycles. The molecule has 3 rings (SSSR count). The summed E-state index contributed by atoms with van der Waals surface area (Å²) >= 11 is 0. The molecule has 0 bridgehead atoms. The van der Waals surface area contributed by atoms with E-state index in [9.17, 15) is 4.79 Å². The van der Waals surface area contributed by atoms with E-state index in [2.05, 4.69) is 29.4 Å². The molecule has 0 saturated carbocycles. The second kappa shape index (κ2) is 6.21. The quantitative estimate of drug-likeness (QED) is 0.753. The molecule has 0 fully saturated rings. The standard InChI is InChI=1S/C16H19N5O2/c1-10(2)21-15-4-3-12(7-11(15)9-18-21)19-16(22)14-8-13(5-6-17)23-20-14/h3-4,7-10H,5-6,17H2,1-2H3,(H,19,22). The predicted octanol–water partition coefficient (Wildman–Crippen LogP) is 2.36. The molecule has 1 aromatic carbocycles. The lowest BCUT2D eigenvalue weighted by Crippen LogP contribution is -2.12. The maximum absolute atomic E-state index is 12.2. The summed E-state index contributed by atoms with van der Waals surface area (Å²) in [5.74, 6) is 0.291. The van der Waals surface area contributed by atoms with Crippen LogP contribution in [0.4, 0.5) is 5.69 Å². The van der Waals surface area contributed by atoms with Crippen LogP contribution >= 0.6 is 0 Å². The third-order valence-corrected chi connectivity index (χ3v) is 3.52. The molecule has 23 heavy (non-hydrogen) atoms. The summed E-state index contributed by atoms with van der Waals surface area (Å²) in [5, 5.41) is 11.9. The molecule has 3 aromatic rings. The number of aromatic nitrogens is 3. The third-order valence-electron chi connectivity index (χ3n) is 3.52. The van der Waals surface area contributed by atoms with Crippen molar-refractivity contribution < 1.29 is 9.32 Å². The van der Waals surface area contributed by atoms with Gasteiger partial charge in [-0.25, -0.2) is 0 Å². The van der Waals surface area contributed by atoms with E-state index in [1.165, 1.54) is 0 Å². The van der Waals surface area contributed by atoms with Crippen molar-refractivity contribution in [3.8, 4) is 0 Å². The van der Waals surface area contributed by atoms with Crippen LogP contribution in [0.25, 0.3) is 10.9 Å². The number of benzene rings is 1. The highest BCUT2D eigenvalue weighted by atomic mass is 16.5. The second-order valence-corrected chi connectivity index (χ2v) is 5.63. The number of hydrogen-bond donors (Lipinski definition) is 2. The van der Waals surface area contributed by atoms with Crippen molar-refractivity contribution in [2.45, 2.75) is 26.3 Å². The summed E-state index contributed by atoms with van der Waals surface area (Å²) in [6.07, 6.45) is 2.35. The van der Waals surface area contributed by atoms with Gasteiger partial charge in [0, 0.05) is 29.6 Å². The molecule has 7 nitrogen and oxygen atoms in total. The van der Waals surface area contributed by atoms with Crippen molar-refractivity contribution in [1.82, 2.24) is 14.9 Å². The number of rotatable bonds is 5. The Morgan fingerprint density at radius 2 is 2.22 bits per heavy atom. The number of amides is 1. The van der Waals surface area contributed by atoms with Crippen LogP contribution in [0.2, 0.25) is 0 Å². The van der Waals surface area contributed by atoms with Crippen molar-refractivity contribution in [3.05, 3.63) is 41.9 Å². The van der Waals surface area contributed by atoms with Crippen molar-refractivity contribution >= 4 is 22.5 Å². The first-order valence-corrected chi connectivity index (χ1v) is 7.52. The van der Waals surface area contributed by atoms with Gasteiger partial charge in [0.15, 0.2) is 5.69 Å².